The molecule has 0 aliphatic heterocycles. The maximum Gasteiger partial charge on any atom is 0.315 e. The highest BCUT2D eigenvalue weighted by Gasteiger charge is 2.22. The van der Waals surface area contributed by atoms with Crippen LogP contribution >= 0.6 is 0 Å². The highest BCUT2D eigenvalue weighted by molar-refractivity contribution is 5.96. The minimum Gasteiger partial charge on any atom is -0.334 e. The van der Waals surface area contributed by atoms with E-state index in [2.05, 4.69) is 20.9 Å². The van der Waals surface area contributed by atoms with Crippen molar-refractivity contribution >= 4 is 17.6 Å². The summed E-state index contributed by atoms with van der Waals surface area (Å²) in [5.74, 6) is 0.00855. The molecule has 1 unspecified atom stereocenters. The molecule has 0 fully saturated rings. The third-order valence-electron chi connectivity index (χ3n) is 3.83. The number of pyridine rings is 1. The highest BCUT2D eigenvalue weighted by Crippen LogP contribution is 2.09. The lowest BCUT2D eigenvalue weighted by molar-refractivity contribution is -0.118. The SMILES string of the molecule is Cc1ccc(CNC(=O)NC(CC(C)C)C(=O)Nc2cccnc2)cc1. The Balaban J connectivity index is 1.92. The van der Waals surface area contributed by atoms with E-state index in [-0.39, 0.29) is 17.9 Å². The van der Waals surface area contributed by atoms with Crippen LogP contribution in [0.2, 0.25) is 0 Å². The molecule has 26 heavy (non-hydrogen) atoms. The smallest absolute Gasteiger partial charge is 0.315 e. The van der Waals surface area contributed by atoms with Crippen LogP contribution in [0.25, 0.3) is 0 Å². The minimum absolute atomic E-state index is 0.253. The first-order chi connectivity index (χ1) is 12.4. The van der Waals surface area contributed by atoms with Gasteiger partial charge in [0.25, 0.3) is 0 Å². The third-order valence-corrected chi connectivity index (χ3v) is 3.83. The second-order valence-electron chi connectivity index (χ2n) is 6.73. The summed E-state index contributed by atoms with van der Waals surface area (Å²) in [7, 11) is 0. The number of urea groups is 1. The fraction of sp³-hybridized carbons (Fsp3) is 0.350. The molecular weight excluding hydrogens is 328 g/mol. The average molecular weight is 354 g/mol. The van der Waals surface area contributed by atoms with Crippen LogP contribution in [0.5, 0.6) is 0 Å². The van der Waals surface area contributed by atoms with Crippen LogP contribution < -0.4 is 16.0 Å². The number of hydrogen-bond donors (Lipinski definition) is 3. The maximum absolute atomic E-state index is 12.5. The number of aromatic nitrogens is 1. The first-order valence-electron chi connectivity index (χ1n) is 8.75. The van der Waals surface area contributed by atoms with Crippen molar-refractivity contribution in [3.63, 3.8) is 0 Å². The number of hydrogen-bond acceptors (Lipinski definition) is 3. The van der Waals surface area contributed by atoms with E-state index in [4.69, 9.17) is 0 Å². The van der Waals surface area contributed by atoms with E-state index in [1.54, 1.807) is 24.5 Å². The van der Waals surface area contributed by atoms with Crippen molar-refractivity contribution in [3.8, 4) is 0 Å². The van der Waals surface area contributed by atoms with E-state index in [1.165, 1.54) is 5.56 Å². The van der Waals surface area contributed by atoms with Crippen molar-refractivity contribution in [2.24, 2.45) is 5.92 Å². The molecule has 1 aromatic carbocycles. The van der Waals surface area contributed by atoms with Gasteiger partial charge in [-0.1, -0.05) is 43.7 Å². The Bertz CT molecular complexity index is 714. The topological polar surface area (TPSA) is 83.1 Å². The predicted molar refractivity (Wildman–Crippen MR) is 103 cm³/mol. The van der Waals surface area contributed by atoms with Crippen molar-refractivity contribution in [2.75, 3.05) is 5.32 Å². The lowest BCUT2D eigenvalue weighted by atomic mass is 10.0. The molecule has 0 saturated heterocycles. The van der Waals surface area contributed by atoms with Crippen LogP contribution in [0.4, 0.5) is 10.5 Å². The van der Waals surface area contributed by atoms with Crippen LogP contribution in [0.15, 0.2) is 48.8 Å². The number of nitrogens with one attached hydrogen (secondary N) is 3. The first-order valence-corrected chi connectivity index (χ1v) is 8.75. The number of anilines is 1. The molecule has 0 saturated carbocycles. The average Bonchev–Trinajstić information content (AvgIpc) is 2.61. The molecule has 1 aromatic heterocycles. The number of aryl methyl sites for hydroxylation is 1. The molecule has 0 bridgehead atoms. The molecular formula is C20H26N4O2. The molecule has 1 heterocycles. The lowest BCUT2D eigenvalue weighted by Crippen LogP contribution is -2.48. The highest BCUT2D eigenvalue weighted by atomic mass is 16.2. The Labute approximate surface area is 154 Å². The summed E-state index contributed by atoms with van der Waals surface area (Å²) >= 11 is 0. The molecule has 3 amide bonds. The van der Waals surface area contributed by atoms with Crippen molar-refractivity contribution in [3.05, 3.63) is 59.9 Å². The van der Waals surface area contributed by atoms with Crippen LogP contribution in [0, 0.1) is 12.8 Å². The van der Waals surface area contributed by atoms with Crippen LogP contribution in [0.3, 0.4) is 0 Å². The van der Waals surface area contributed by atoms with Gasteiger partial charge in [-0.15, -0.1) is 0 Å². The third kappa shape index (κ3) is 6.55. The van der Waals surface area contributed by atoms with E-state index in [9.17, 15) is 9.59 Å². The zero-order chi connectivity index (χ0) is 18.9. The number of rotatable bonds is 7. The van der Waals surface area contributed by atoms with E-state index >= 15 is 0 Å². The normalized spacial score (nSPS) is 11.7. The van der Waals surface area contributed by atoms with Crippen molar-refractivity contribution in [1.29, 1.82) is 0 Å². The quantitative estimate of drug-likeness (QED) is 0.714. The Morgan fingerprint density at radius 3 is 2.46 bits per heavy atom. The van der Waals surface area contributed by atoms with Crippen LogP contribution in [-0.4, -0.2) is 23.0 Å². The molecule has 6 heteroatoms. The van der Waals surface area contributed by atoms with Gasteiger partial charge in [-0.2, -0.15) is 0 Å². The Hall–Kier alpha value is -2.89. The summed E-state index contributed by atoms with van der Waals surface area (Å²) in [5, 5.41) is 8.35. The van der Waals surface area contributed by atoms with E-state index in [0.717, 1.165) is 5.56 Å². The summed E-state index contributed by atoms with van der Waals surface area (Å²) in [6, 6.07) is 10.5. The van der Waals surface area contributed by atoms with Crippen molar-refractivity contribution in [2.45, 2.75) is 39.8 Å². The standard InChI is InChI=1S/C20H26N4O2/c1-14(2)11-18(19(25)23-17-5-4-10-21-13-17)24-20(26)22-12-16-8-6-15(3)7-9-16/h4-10,13-14,18H,11-12H2,1-3H3,(H,23,25)(H2,22,24,26). The largest absolute Gasteiger partial charge is 0.334 e. The maximum atomic E-state index is 12.5. The summed E-state index contributed by atoms with van der Waals surface area (Å²) in [4.78, 5) is 28.7. The Morgan fingerprint density at radius 2 is 1.85 bits per heavy atom. The molecule has 0 aliphatic rings. The molecule has 3 N–H and O–H groups in total. The fourth-order valence-electron chi connectivity index (χ4n) is 2.47. The summed E-state index contributed by atoms with van der Waals surface area (Å²) in [6.45, 7) is 6.44. The predicted octanol–water partition coefficient (Wildman–Crippen LogP) is 3.24. The minimum atomic E-state index is -0.617. The molecule has 0 aliphatic carbocycles. The van der Waals surface area contributed by atoms with Gasteiger partial charge in [0.1, 0.15) is 6.04 Å². The molecule has 0 radical (unpaired) electrons. The van der Waals surface area contributed by atoms with Crippen LogP contribution in [-0.2, 0) is 11.3 Å². The van der Waals surface area contributed by atoms with Crippen molar-refractivity contribution in [1.82, 2.24) is 15.6 Å². The van der Waals surface area contributed by atoms with Gasteiger partial charge >= 0.3 is 6.03 Å². The number of amides is 3. The molecule has 6 nitrogen and oxygen atoms in total. The first kappa shape index (κ1) is 19.4. The van der Waals surface area contributed by atoms with E-state index in [1.807, 2.05) is 45.0 Å². The number of benzene rings is 1. The van der Waals surface area contributed by atoms with Gasteiger partial charge in [0, 0.05) is 12.7 Å². The number of carbonyl (C=O) groups is 2. The zero-order valence-corrected chi connectivity index (χ0v) is 15.5. The van der Waals surface area contributed by atoms with Gasteiger partial charge in [0.15, 0.2) is 0 Å². The molecule has 2 rings (SSSR count). The fourth-order valence-corrected chi connectivity index (χ4v) is 2.47. The zero-order valence-electron chi connectivity index (χ0n) is 15.5. The monoisotopic (exact) mass is 354 g/mol. The molecule has 2 aromatic rings. The number of carbonyl (C=O) groups excluding carboxylic acids is 2. The van der Waals surface area contributed by atoms with Crippen LogP contribution in [0.1, 0.15) is 31.4 Å². The van der Waals surface area contributed by atoms with Gasteiger partial charge in [0.2, 0.25) is 5.91 Å². The van der Waals surface area contributed by atoms with E-state index in [0.29, 0.717) is 18.7 Å². The van der Waals surface area contributed by atoms with Gasteiger partial charge in [-0.25, -0.2) is 4.79 Å². The number of nitrogens with zero attached hydrogens (tertiary/aromatic N) is 1. The van der Waals surface area contributed by atoms with E-state index < -0.39 is 6.04 Å². The summed E-state index contributed by atoms with van der Waals surface area (Å²) < 4.78 is 0. The summed E-state index contributed by atoms with van der Waals surface area (Å²) in [6.07, 6.45) is 3.75. The van der Waals surface area contributed by atoms with Gasteiger partial charge < -0.3 is 16.0 Å². The second-order valence-corrected chi connectivity index (χ2v) is 6.73. The molecule has 0 spiro atoms. The lowest BCUT2D eigenvalue weighted by Gasteiger charge is -2.20. The van der Waals surface area contributed by atoms with Gasteiger partial charge in [-0.3, -0.25) is 9.78 Å². The Kier molecular flexibility index (Phi) is 7.14. The summed E-state index contributed by atoms with van der Waals surface area (Å²) in [5.41, 5.74) is 2.78. The molecule has 1 atom stereocenters. The second kappa shape index (κ2) is 9.56. The van der Waals surface area contributed by atoms with Crippen molar-refractivity contribution < 1.29 is 9.59 Å². The molecule has 138 valence electrons. The Morgan fingerprint density at radius 1 is 1.12 bits per heavy atom. The van der Waals surface area contributed by atoms with Gasteiger partial charge in [0.05, 0.1) is 11.9 Å². The van der Waals surface area contributed by atoms with Gasteiger partial charge in [-0.05, 0) is 37.0 Å².